The Labute approximate surface area is 154 Å². The Morgan fingerprint density at radius 1 is 0.778 bits per heavy atom. The van der Waals surface area contributed by atoms with E-state index in [0.717, 1.165) is 16.3 Å². The van der Waals surface area contributed by atoms with Crippen molar-refractivity contribution in [1.29, 1.82) is 0 Å². The maximum Gasteiger partial charge on any atom is 0.268 e. The van der Waals surface area contributed by atoms with Crippen LogP contribution in [0.2, 0.25) is 0 Å². The zero-order chi connectivity index (χ0) is 19.1. The summed E-state index contributed by atoms with van der Waals surface area (Å²) in [5, 5.41) is 12.9. The van der Waals surface area contributed by atoms with E-state index in [2.05, 4.69) is 20.4 Å². The lowest BCUT2D eigenvalue weighted by Crippen LogP contribution is -2.21. The maximum absolute atomic E-state index is 12.7. The lowest BCUT2D eigenvalue weighted by atomic mass is 9.82. The molecule has 0 amide bonds. The monoisotopic (exact) mass is 364 g/mol. The number of benzene rings is 2. The van der Waals surface area contributed by atoms with Gasteiger partial charge in [0.2, 0.25) is 0 Å². The first-order valence-electron chi connectivity index (χ1n) is 8.62. The molecule has 138 valence electrons. The molecule has 0 saturated heterocycles. The fourth-order valence-corrected chi connectivity index (χ4v) is 3.79. The first kappa shape index (κ1) is 17.0. The van der Waals surface area contributed by atoms with Crippen LogP contribution in [0.15, 0.2) is 46.0 Å². The topological polar surface area (TPSA) is 107 Å². The van der Waals surface area contributed by atoms with E-state index in [-0.39, 0.29) is 11.1 Å². The Kier molecular flexibility index (Phi) is 3.99. The van der Waals surface area contributed by atoms with Gasteiger partial charge in [0, 0.05) is 17.0 Å². The van der Waals surface area contributed by atoms with Crippen LogP contribution in [0.5, 0.6) is 5.75 Å². The van der Waals surface area contributed by atoms with Gasteiger partial charge in [0.05, 0.1) is 24.2 Å². The standard InChI is InChI=1S/C20H20N4O3/c1-10-15(19(25)23-21-10)18(16-11(2)22-24-20(16)26)17-13-7-5-4-6-12(13)8-9-14(17)27-3/h4-9,18H,1-3H3,(H2,21,23,25)(H2,22,24,26). The highest BCUT2D eigenvalue weighted by atomic mass is 16.5. The lowest BCUT2D eigenvalue weighted by molar-refractivity contribution is 0.410. The van der Waals surface area contributed by atoms with Crippen molar-refractivity contribution in [3.05, 3.63) is 85.2 Å². The van der Waals surface area contributed by atoms with Crippen LogP contribution in [0.4, 0.5) is 0 Å². The minimum absolute atomic E-state index is 0.257. The molecular weight excluding hydrogens is 344 g/mol. The van der Waals surface area contributed by atoms with Crippen LogP contribution < -0.4 is 15.9 Å². The predicted molar refractivity (Wildman–Crippen MR) is 104 cm³/mol. The summed E-state index contributed by atoms with van der Waals surface area (Å²) >= 11 is 0. The molecule has 27 heavy (non-hydrogen) atoms. The molecule has 4 N–H and O–H groups in total. The first-order valence-corrected chi connectivity index (χ1v) is 8.62. The fraction of sp³-hybridized carbons (Fsp3) is 0.200. The molecular formula is C20H20N4O3. The highest BCUT2D eigenvalue weighted by molar-refractivity contribution is 5.89. The number of aromatic amines is 4. The zero-order valence-electron chi connectivity index (χ0n) is 15.3. The molecule has 7 heteroatoms. The Hall–Kier alpha value is -3.48. The number of aryl methyl sites for hydroxylation is 2. The summed E-state index contributed by atoms with van der Waals surface area (Å²) in [6.07, 6.45) is 0. The highest BCUT2D eigenvalue weighted by Crippen LogP contribution is 2.40. The number of nitrogens with one attached hydrogen (secondary N) is 4. The van der Waals surface area contributed by atoms with Crippen molar-refractivity contribution >= 4 is 10.8 Å². The third-order valence-electron chi connectivity index (χ3n) is 5.04. The van der Waals surface area contributed by atoms with Gasteiger partial charge < -0.3 is 14.9 Å². The van der Waals surface area contributed by atoms with E-state index in [1.807, 2.05) is 50.2 Å². The number of rotatable bonds is 4. The normalized spacial score (nSPS) is 11.4. The number of methoxy groups -OCH3 is 1. The van der Waals surface area contributed by atoms with Gasteiger partial charge in [0.25, 0.3) is 11.1 Å². The molecule has 4 rings (SSSR count). The van der Waals surface area contributed by atoms with Gasteiger partial charge in [0.1, 0.15) is 5.75 Å². The van der Waals surface area contributed by atoms with Crippen LogP contribution in [-0.2, 0) is 0 Å². The second-order valence-corrected chi connectivity index (χ2v) is 6.57. The Bertz CT molecular complexity index is 1190. The van der Waals surface area contributed by atoms with Crippen molar-refractivity contribution in [2.24, 2.45) is 0 Å². The van der Waals surface area contributed by atoms with Crippen LogP contribution in [0, 0.1) is 13.8 Å². The first-order chi connectivity index (χ1) is 13.0. The minimum Gasteiger partial charge on any atom is -0.496 e. The van der Waals surface area contributed by atoms with E-state index in [1.165, 1.54) is 0 Å². The van der Waals surface area contributed by atoms with Crippen molar-refractivity contribution in [3.8, 4) is 5.75 Å². The van der Waals surface area contributed by atoms with Crippen LogP contribution in [0.25, 0.3) is 10.8 Å². The van der Waals surface area contributed by atoms with Crippen LogP contribution in [0.1, 0.15) is 34.0 Å². The van der Waals surface area contributed by atoms with Crippen LogP contribution in [-0.4, -0.2) is 27.5 Å². The SMILES string of the molecule is COc1ccc2ccccc2c1C(c1c(C)[nH][nH]c1=O)c1c(C)[nH][nH]c1=O. The second-order valence-electron chi connectivity index (χ2n) is 6.57. The molecule has 0 unspecified atom stereocenters. The third-order valence-corrected chi connectivity index (χ3v) is 5.04. The Morgan fingerprint density at radius 2 is 1.37 bits per heavy atom. The number of hydrogen-bond acceptors (Lipinski definition) is 3. The largest absolute Gasteiger partial charge is 0.496 e. The molecule has 0 atom stereocenters. The highest BCUT2D eigenvalue weighted by Gasteiger charge is 2.31. The number of H-pyrrole nitrogens is 4. The predicted octanol–water partition coefficient (Wildman–Crippen LogP) is 2.68. The lowest BCUT2D eigenvalue weighted by Gasteiger charge is -2.21. The maximum atomic E-state index is 12.7. The van der Waals surface area contributed by atoms with E-state index in [0.29, 0.717) is 28.3 Å². The molecule has 0 radical (unpaired) electrons. The van der Waals surface area contributed by atoms with Crippen molar-refractivity contribution in [3.63, 3.8) is 0 Å². The molecule has 0 aliphatic rings. The average Bonchev–Trinajstić information content (AvgIpc) is 3.18. The average molecular weight is 364 g/mol. The Morgan fingerprint density at radius 3 is 1.89 bits per heavy atom. The number of hydrogen-bond donors (Lipinski definition) is 4. The van der Waals surface area contributed by atoms with E-state index >= 15 is 0 Å². The van der Waals surface area contributed by atoms with Gasteiger partial charge in [-0.3, -0.25) is 19.8 Å². The van der Waals surface area contributed by atoms with Crippen molar-refractivity contribution in [2.45, 2.75) is 19.8 Å². The summed E-state index contributed by atoms with van der Waals surface area (Å²) in [6, 6.07) is 11.7. The van der Waals surface area contributed by atoms with Gasteiger partial charge in [-0.15, -0.1) is 0 Å². The number of fused-ring (bicyclic) bond motifs is 1. The van der Waals surface area contributed by atoms with E-state index in [4.69, 9.17) is 4.74 Å². The summed E-state index contributed by atoms with van der Waals surface area (Å²) in [5.74, 6) is 0.0368. The summed E-state index contributed by atoms with van der Waals surface area (Å²) in [4.78, 5) is 25.3. The van der Waals surface area contributed by atoms with Gasteiger partial charge >= 0.3 is 0 Å². The third kappa shape index (κ3) is 2.59. The molecule has 0 aliphatic carbocycles. The molecule has 2 aromatic heterocycles. The molecule has 0 fully saturated rings. The number of ether oxygens (including phenoxy) is 1. The number of aromatic nitrogens is 4. The van der Waals surface area contributed by atoms with Gasteiger partial charge in [-0.1, -0.05) is 30.3 Å². The molecule has 2 aromatic carbocycles. The summed E-state index contributed by atoms with van der Waals surface area (Å²) in [5.41, 5.74) is 2.63. The molecule has 7 nitrogen and oxygen atoms in total. The zero-order valence-corrected chi connectivity index (χ0v) is 15.3. The molecule has 4 aromatic rings. The summed E-state index contributed by atoms with van der Waals surface area (Å²) < 4.78 is 5.65. The van der Waals surface area contributed by atoms with Gasteiger partial charge in [0.15, 0.2) is 0 Å². The minimum atomic E-state index is -0.587. The van der Waals surface area contributed by atoms with Crippen LogP contribution >= 0.6 is 0 Å². The van der Waals surface area contributed by atoms with E-state index < -0.39 is 5.92 Å². The van der Waals surface area contributed by atoms with Gasteiger partial charge in [-0.05, 0) is 30.7 Å². The summed E-state index contributed by atoms with van der Waals surface area (Å²) in [6.45, 7) is 3.63. The van der Waals surface area contributed by atoms with Crippen molar-refractivity contribution < 1.29 is 4.74 Å². The molecule has 0 bridgehead atoms. The van der Waals surface area contributed by atoms with Crippen molar-refractivity contribution in [2.75, 3.05) is 7.11 Å². The van der Waals surface area contributed by atoms with E-state index in [9.17, 15) is 9.59 Å². The van der Waals surface area contributed by atoms with E-state index in [1.54, 1.807) is 7.11 Å². The molecule has 0 aliphatic heterocycles. The summed E-state index contributed by atoms with van der Waals surface area (Å²) in [7, 11) is 1.59. The van der Waals surface area contributed by atoms with Crippen LogP contribution in [0.3, 0.4) is 0 Å². The quantitative estimate of drug-likeness (QED) is 0.447. The Balaban J connectivity index is 2.18. The van der Waals surface area contributed by atoms with Gasteiger partial charge in [-0.2, -0.15) is 0 Å². The van der Waals surface area contributed by atoms with Gasteiger partial charge in [-0.25, -0.2) is 0 Å². The molecule has 2 heterocycles. The van der Waals surface area contributed by atoms with Crippen molar-refractivity contribution in [1.82, 2.24) is 20.4 Å². The smallest absolute Gasteiger partial charge is 0.268 e. The fourth-order valence-electron chi connectivity index (χ4n) is 3.79. The second kappa shape index (κ2) is 6.35. The molecule has 0 saturated carbocycles. The molecule has 0 spiro atoms.